The molecule has 3 aromatic carbocycles. The summed E-state index contributed by atoms with van der Waals surface area (Å²) in [5.74, 6) is 0. The Labute approximate surface area is 330 Å². The molecule has 15 heteroatoms. The van der Waals surface area contributed by atoms with E-state index < -0.39 is 72.5 Å². The molecule has 0 amide bonds. The molecule has 298 valence electrons. The van der Waals surface area contributed by atoms with Gasteiger partial charge in [-0.05, 0) is 76.1 Å². The summed E-state index contributed by atoms with van der Waals surface area (Å²) >= 11 is 0. The van der Waals surface area contributed by atoms with Crippen LogP contribution in [0, 0.1) is 20.8 Å². The van der Waals surface area contributed by atoms with Crippen molar-refractivity contribution in [2.24, 2.45) is 0 Å². The van der Waals surface area contributed by atoms with Crippen LogP contribution in [-0.4, -0.2) is 94.3 Å². The first-order valence-electron chi connectivity index (χ1n) is 18.3. The van der Waals surface area contributed by atoms with E-state index in [1.54, 1.807) is 85.0 Å². The quantitative estimate of drug-likeness (QED) is 0.140. The van der Waals surface area contributed by atoms with Crippen molar-refractivity contribution in [3.05, 3.63) is 139 Å². The van der Waals surface area contributed by atoms with E-state index in [2.05, 4.69) is 11.3 Å². The van der Waals surface area contributed by atoms with Gasteiger partial charge in [-0.1, -0.05) is 89.5 Å². The van der Waals surface area contributed by atoms with Crippen LogP contribution in [0.1, 0.15) is 36.0 Å². The Morgan fingerprint density at radius 3 is 1.36 bits per heavy atom. The van der Waals surface area contributed by atoms with Crippen molar-refractivity contribution >= 4 is 36.2 Å². The number of benzene rings is 3. The number of nitrogens with zero attached hydrogens (tertiary/aromatic N) is 3. The molecule has 6 unspecified atom stereocenters. The van der Waals surface area contributed by atoms with Crippen LogP contribution in [0.2, 0.25) is 0 Å². The van der Waals surface area contributed by atoms with Crippen LogP contribution >= 0.6 is 0 Å². The zero-order chi connectivity index (χ0) is 40.4. The number of ether oxygens (including phenoxy) is 2. The lowest BCUT2D eigenvalue weighted by molar-refractivity contribution is 0.0489. The minimum absolute atomic E-state index is 0.00449. The number of carbonyl (C=O) groups is 1. The lowest BCUT2D eigenvalue weighted by Crippen LogP contribution is -2.49. The molecule has 3 aromatic rings. The largest absolute Gasteiger partial charge is 0.508 e. The van der Waals surface area contributed by atoms with E-state index in [0.29, 0.717) is 0 Å². The lowest BCUT2D eigenvalue weighted by Gasteiger charge is -2.36. The Morgan fingerprint density at radius 1 is 0.589 bits per heavy atom. The van der Waals surface area contributed by atoms with Crippen molar-refractivity contribution in [1.82, 2.24) is 12.9 Å². The highest BCUT2D eigenvalue weighted by atomic mass is 32.2. The van der Waals surface area contributed by atoms with Crippen molar-refractivity contribution < 1.29 is 39.5 Å². The molecule has 0 fully saturated rings. The Morgan fingerprint density at radius 2 is 0.946 bits per heavy atom. The van der Waals surface area contributed by atoms with Gasteiger partial charge in [0.2, 0.25) is 30.1 Å². The van der Waals surface area contributed by atoms with Crippen molar-refractivity contribution in [3.8, 4) is 0 Å². The fraction of sp³-hybridized carbons (Fsp3) is 0.341. The van der Waals surface area contributed by atoms with Gasteiger partial charge in [0.1, 0.15) is 6.10 Å². The highest BCUT2D eigenvalue weighted by Gasteiger charge is 2.46. The predicted octanol–water partition coefficient (Wildman–Crippen LogP) is 6.04. The number of methoxy groups -OCH3 is 1. The van der Waals surface area contributed by atoms with E-state index in [4.69, 9.17) is 4.74 Å². The number of hydrogen-bond donors (Lipinski definition) is 0. The molecule has 12 nitrogen and oxygen atoms in total. The van der Waals surface area contributed by atoms with E-state index >= 15 is 0 Å². The van der Waals surface area contributed by atoms with Crippen LogP contribution in [0.5, 0.6) is 0 Å². The van der Waals surface area contributed by atoms with Gasteiger partial charge in [0, 0.05) is 43.2 Å². The summed E-state index contributed by atoms with van der Waals surface area (Å²) in [4.78, 5) is 12.2. The van der Waals surface area contributed by atoms with Crippen LogP contribution in [0.15, 0.2) is 137 Å². The molecule has 0 bridgehead atoms. The monoisotopic (exact) mass is 821 g/mol. The number of carbonyl (C=O) groups excluding carboxylic acids is 1. The normalized spacial score (nSPS) is 23.7. The third-order valence-electron chi connectivity index (χ3n) is 10.3. The van der Waals surface area contributed by atoms with Crippen LogP contribution in [0.25, 0.3) is 0 Å². The number of hydrogen-bond acceptors (Lipinski definition) is 9. The van der Waals surface area contributed by atoms with E-state index in [1.807, 2.05) is 20.8 Å². The summed E-state index contributed by atoms with van der Waals surface area (Å²) in [7, 11) is -11.2. The maximum absolute atomic E-state index is 14.7. The van der Waals surface area contributed by atoms with Gasteiger partial charge in [-0.15, -0.1) is 6.58 Å². The second-order valence-corrected chi connectivity index (χ2v) is 19.9. The molecule has 0 heterocycles. The molecule has 6 atom stereocenters. The standard InChI is InChI=1S/C41H47N3O9S3/c1-6-25-42(54(46,47)38-19-7-29(2)8-20-38)32-13-14-33(26-32)43(55(48,49)39-21-9-30(3)10-22-39)34-15-16-35(27-34)44(36-17-18-37(28-36)53-41(45)52-5)56(50,51)40-23-11-31(4)12-24-40/h6-24,32-37H,1,25-28H2,2-5H3. The molecular weight excluding hydrogens is 775 g/mol. The molecule has 0 N–H and O–H groups in total. The maximum atomic E-state index is 14.7. The topological polar surface area (TPSA) is 148 Å². The van der Waals surface area contributed by atoms with Crippen molar-refractivity contribution in [2.75, 3.05) is 13.7 Å². The first kappa shape index (κ1) is 41.3. The van der Waals surface area contributed by atoms with Gasteiger partial charge in [0.05, 0.1) is 21.8 Å². The summed E-state index contributed by atoms with van der Waals surface area (Å²) in [6, 6.07) is 15.7. The molecular formula is C41H47N3O9S3. The van der Waals surface area contributed by atoms with Crippen LogP contribution < -0.4 is 0 Å². The van der Waals surface area contributed by atoms with Gasteiger partial charge >= 0.3 is 6.16 Å². The Hall–Kier alpha value is -4.38. The molecule has 3 aliphatic carbocycles. The summed E-state index contributed by atoms with van der Waals surface area (Å²) in [5.41, 5.74) is 2.65. The molecule has 0 radical (unpaired) electrons. The molecule has 0 aliphatic heterocycles. The van der Waals surface area contributed by atoms with Crippen LogP contribution in [0.3, 0.4) is 0 Å². The van der Waals surface area contributed by atoms with Gasteiger partial charge in [-0.3, -0.25) is 0 Å². The second kappa shape index (κ2) is 16.6. The van der Waals surface area contributed by atoms with Crippen molar-refractivity contribution in [1.29, 1.82) is 0 Å². The third kappa shape index (κ3) is 8.48. The Bertz CT molecular complexity index is 2340. The summed E-state index contributed by atoms with van der Waals surface area (Å²) in [6.45, 7) is 9.36. The molecule has 0 saturated carbocycles. The first-order valence-corrected chi connectivity index (χ1v) is 22.6. The van der Waals surface area contributed by atoms with Gasteiger partial charge in [-0.2, -0.15) is 12.9 Å². The SMILES string of the molecule is C=CCN(C1C=CC(N(C2C=CC(N(C3C=CC(OC(=O)OC)C3)S(=O)(=O)c3ccc(C)cc3)C2)S(=O)(=O)c2ccc(C)cc2)C1)S(=O)(=O)c1ccc(C)cc1. The molecule has 6 rings (SSSR count). The van der Waals surface area contributed by atoms with Crippen LogP contribution in [-0.2, 0) is 39.5 Å². The Kier molecular flexibility index (Phi) is 12.2. The average molecular weight is 822 g/mol. The zero-order valence-electron chi connectivity index (χ0n) is 31.7. The minimum atomic E-state index is -4.23. The average Bonchev–Trinajstić information content (AvgIpc) is 3.94. The van der Waals surface area contributed by atoms with Gasteiger partial charge in [0.15, 0.2) is 0 Å². The predicted molar refractivity (Wildman–Crippen MR) is 213 cm³/mol. The molecule has 0 aromatic heterocycles. The van der Waals surface area contributed by atoms with Crippen LogP contribution in [0.4, 0.5) is 4.79 Å². The second-order valence-electron chi connectivity index (χ2n) is 14.3. The zero-order valence-corrected chi connectivity index (χ0v) is 34.2. The number of sulfonamides is 3. The van der Waals surface area contributed by atoms with Gasteiger partial charge in [0.25, 0.3) is 0 Å². The Balaban J connectivity index is 1.35. The van der Waals surface area contributed by atoms with Gasteiger partial charge in [-0.25, -0.2) is 30.0 Å². The number of rotatable bonds is 14. The smallest absolute Gasteiger partial charge is 0.438 e. The molecule has 0 spiro atoms. The van der Waals surface area contributed by atoms with E-state index in [9.17, 15) is 30.0 Å². The summed E-state index contributed by atoms with van der Waals surface area (Å²) in [6.07, 6.45) is 10.3. The lowest BCUT2D eigenvalue weighted by atomic mass is 10.1. The summed E-state index contributed by atoms with van der Waals surface area (Å²) in [5, 5.41) is 0. The third-order valence-corrected chi connectivity index (χ3v) is 16.2. The fourth-order valence-electron chi connectivity index (χ4n) is 7.45. The van der Waals surface area contributed by atoms with E-state index in [-0.39, 0.29) is 40.5 Å². The highest BCUT2D eigenvalue weighted by molar-refractivity contribution is 7.89. The fourth-order valence-corrected chi connectivity index (χ4v) is 12.5. The van der Waals surface area contributed by atoms with E-state index in [1.165, 1.54) is 50.4 Å². The first-order chi connectivity index (χ1) is 26.6. The number of aryl methyl sites for hydroxylation is 3. The molecule has 0 saturated heterocycles. The van der Waals surface area contributed by atoms with Gasteiger partial charge < -0.3 is 9.47 Å². The molecule has 3 aliphatic rings. The maximum Gasteiger partial charge on any atom is 0.508 e. The minimum Gasteiger partial charge on any atom is -0.438 e. The summed E-state index contributed by atoms with van der Waals surface area (Å²) < 4.78 is 100. The van der Waals surface area contributed by atoms with Crippen molar-refractivity contribution in [2.45, 2.75) is 91.0 Å². The molecule has 56 heavy (non-hydrogen) atoms. The van der Waals surface area contributed by atoms with Crippen molar-refractivity contribution in [3.63, 3.8) is 0 Å². The highest BCUT2D eigenvalue weighted by Crippen LogP contribution is 2.38. The van der Waals surface area contributed by atoms with E-state index in [0.717, 1.165) is 16.7 Å².